The second kappa shape index (κ2) is 6.65. The summed E-state index contributed by atoms with van der Waals surface area (Å²) in [4.78, 5) is 27.0. The highest BCUT2D eigenvalue weighted by Crippen LogP contribution is 2.21. The molecule has 0 radical (unpaired) electrons. The van der Waals surface area contributed by atoms with Gasteiger partial charge in [-0.3, -0.25) is 9.59 Å². The van der Waals surface area contributed by atoms with Gasteiger partial charge in [-0.05, 0) is 43.5 Å². The molecular formula is C19H20N2O2. The normalized spacial score (nSPS) is 13.9. The van der Waals surface area contributed by atoms with Gasteiger partial charge in [0.25, 0.3) is 11.8 Å². The van der Waals surface area contributed by atoms with Gasteiger partial charge in [0.1, 0.15) is 0 Å². The average molecular weight is 308 g/mol. The van der Waals surface area contributed by atoms with Crippen molar-refractivity contribution in [2.24, 2.45) is 0 Å². The van der Waals surface area contributed by atoms with Gasteiger partial charge >= 0.3 is 0 Å². The predicted octanol–water partition coefficient (Wildman–Crippen LogP) is 3.48. The highest BCUT2D eigenvalue weighted by atomic mass is 16.2. The van der Waals surface area contributed by atoms with E-state index in [1.54, 1.807) is 18.2 Å². The van der Waals surface area contributed by atoms with Crippen LogP contribution in [0.2, 0.25) is 0 Å². The van der Waals surface area contributed by atoms with Gasteiger partial charge in [-0.15, -0.1) is 0 Å². The van der Waals surface area contributed by atoms with Crippen molar-refractivity contribution in [2.75, 3.05) is 18.4 Å². The van der Waals surface area contributed by atoms with E-state index in [1.165, 1.54) is 0 Å². The highest BCUT2D eigenvalue weighted by Gasteiger charge is 2.22. The zero-order valence-corrected chi connectivity index (χ0v) is 13.2. The van der Waals surface area contributed by atoms with Crippen LogP contribution in [0.5, 0.6) is 0 Å². The number of hydrogen-bond donors (Lipinski definition) is 1. The van der Waals surface area contributed by atoms with Gasteiger partial charge in [-0.25, -0.2) is 0 Å². The number of carbonyl (C=O) groups is 2. The molecule has 118 valence electrons. The van der Waals surface area contributed by atoms with E-state index >= 15 is 0 Å². The molecule has 4 nitrogen and oxygen atoms in total. The van der Waals surface area contributed by atoms with Crippen molar-refractivity contribution in [3.63, 3.8) is 0 Å². The van der Waals surface area contributed by atoms with Crippen LogP contribution >= 0.6 is 0 Å². The van der Waals surface area contributed by atoms with Crippen LogP contribution in [0, 0.1) is 6.92 Å². The maximum absolute atomic E-state index is 12.6. The fraction of sp³-hybridized carbons (Fsp3) is 0.263. The highest BCUT2D eigenvalue weighted by molar-refractivity contribution is 6.09. The van der Waals surface area contributed by atoms with E-state index in [4.69, 9.17) is 0 Å². The van der Waals surface area contributed by atoms with Crippen molar-refractivity contribution >= 4 is 17.5 Å². The Hall–Kier alpha value is -2.62. The minimum absolute atomic E-state index is 0.0109. The number of anilines is 1. The Labute approximate surface area is 136 Å². The van der Waals surface area contributed by atoms with Gasteiger partial charge in [0.2, 0.25) is 0 Å². The molecule has 0 unspecified atom stereocenters. The minimum Gasteiger partial charge on any atom is -0.339 e. The van der Waals surface area contributed by atoms with Crippen LogP contribution < -0.4 is 5.32 Å². The Morgan fingerprint density at radius 3 is 2.22 bits per heavy atom. The van der Waals surface area contributed by atoms with E-state index in [2.05, 4.69) is 5.32 Å². The zero-order chi connectivity index (χ0) is 16.2. The standard InChI is InChI=1S/C19H20N2O2/c1-14-8-2-3-9-15(14)18(22)20-17-11-5-4-10-16(17)19(23)21-12-6-7-13-21/h2-5,8-11H,6-7,12-13H2,1H3,(H,20,22). The SMILES string of the molecule is Cc1ccccc1C(=O)Nc1ccccc1C(=O)N1CCCC1. The van der Waals surface area contributed by atoms with Gasteiger partial charge in [-0.2, -0.15) is 0 Å². The summed E-state index contributed by atoms with van der Waals surface area (Å²) in [6, 6.07) is 14.6. The summed E-state index contributed by atoms with van der Waals surface area (Å²) in [5.41, 5.74) is 2.65. The Morgan fingerprint density at radius 1 is 0.913 bits per heavy atom. The third-order valence-electron chi connectivity index (χ3n) is 4.19. The minimum atomic E-state index is -0.190. The number of rotatable bonds is 3. The Kier molecular flexibility index (Phi) is 4.42. The Bertz CT molecular complexity index is 734. The average Bonchev–Trinajstić information content (AvgIpc) is 3.09. The van der Waals surface area contributed by atoms with Crippen LogP contribution in [0.1, 0.15) is 39.1 Å². The summed E-state index contributed by atoms with van der Waals surface area (Å²) in [7, 11) is 0. The number of para-hydroxylation sites is 1. The van der Waals surface area contributed by atoms with E-state index in [9.17, 15) is 9.59 Å². The lowest BCUT2D eigenvalue weighted by Crippen LogP contribution is -2.28. The molecule has 4 heteroatoms. The van der Waals surface area contributed by atoms with E-state index in [1.807, 2.05) is 42.2 Å². The summed E-state index contributed by atoms with van der Waals surface area (Å²) in [6.45, 7) is 3.48. The molecule has 2 aromatic carbocycles. The van der Waals surface area contributed by atoms with Gasteiger partial charge in [-0.1, -0.05) is 30.3 Å². The van der Waals surface area contributed by atoms with Gasteiger partial charge in [0.15, 0.2) is 0 Å². The number of carbonyl (C=O) groups excluding carboxylic acids is 2. The smallest absolute Gasteiger partial charge is 0.255 e. The monoisotopic (exact) mass is 308 g/mol. The Morgan fingerprint density at radius 2 is 1.52 bits per heavy atom. The van der Waals surface area contributed by atoms with Crippen molar-refractivity contribution < 1.29 is 9.59 Å². The number of aryl methyl sites for hydroxylation is 1. The van der Waals surface area contributed by atoms with Gasteiger partial charge < -0.3 is 10.2 Å². The van der Waals surface area contributed by atoms with E-state index < -0.39 is 0 Å². The molecule has 3 rings (SSSR count). The number of amides is 2. The molecule has 1 saturated heterocycles. The van der Waals surface area contributed by atoms with Crippen molar-refractivity contribution in [1.29, 1.82) is 0 Å². The van der Waals surface area contributed by atoms with Crippen molar-refractivity contribution in [3.05, 3.63) is 65.2 Å². The molecular weight excluding hydrogens is 288 g/mol. The number of nitrogens with zero attached hydrogens (tertiary/aromatic N) is 1. The molecule has 23 heavy (non-hydrogen) atoms. The van der Waals surface area contributed by atoms with E-state index in [0.717, 1.165) is 31.5 Å². The molecule has 1 heterocycles. The molecule has 0 atom stereocenters. The maximum Gasteiger partial charge on any atom is 0.255 e. The molecule has 2 amide bonds. The second-order valence-electron chi connectivity index (χ2n) is 5.81. The first-order chi connectivity index (χ1) is 11.2. The molecule has 0 saturated carbocycles. The fourth-order valence-electron chi connectivity index (χ4n) is 2.89. The van der Waals surface area contributed by atoms with Crippen LogP contribution in [-0.4, -0.2) is 29.8 Å². The first-order valence-electron chi connectivity index (χ1n) is 7.92. The first kappa shape index (κ1) is 15.3. The molecule has 0 bridgehead atoms. The topological polar surface area (TPSA) is 49.4 Å². The molecule has 2 aromatic rings. The molecule has 0 aromatic heterocycles. The second-order valence-corrected chi connectivity index (χ2v) is 5.81. The van der Waals surface area contributed by atoms with Crippen molar-refractivity contribution in [2.45, 2.75) is 19.8 Å². The van der Waals surface area contributed by atoms with Crippen LogP contribution in [0.3, 0.4) is 0 Å². The largest absolute Gasteiger partial charge is 0.339 e. The van der Waals surface area contributed by atoms with Gasteiger partial charge in [0, 0.05) is 18.7 Å². The zero-order valence-electron chi connectivity index (χ0n) is 13.2. The molecule has 0 spiro atoms. The van der Waals surface area contributed by atoms with Gasteiger partial charge in [0.05, 0.1) is 11.3 Å². The fourth-order valence-corrected chi connectivity index (χ4v) is 2.89. The number of benzene rings is 2. The van der Waals surface area contributed by atoms with E-state index in [-0.39, 0.29) is 11.8 Å². The summed E-state index contributed by atoms with van der Waals surface area (Å²) in [6.07, 6.45) is 2.09. The lowest BCUT2D eigenvalue weighted by atomic mass is 10.1. The number of likely N-dealkylation sites (tertiary alicyclic amines) is 1. The number of nitrogens with one attached hydrogen (secondary N) is 1. The Balaban J connectivity index is 1.84. The molecule has 1 aliphatic heterocycles. The lowest BCUT2D eigenvalue weighted by molar-refractivity contribution is 0.0794. The third kappa shape index (κ3) is 3.26. The van der Waals surface area contributed by atoms with Crippen LogP contribution in [0.25, 0.3) is 0 Å². The molecule has 1 fully saturated rings. The summed E-state index contributed by atoms with van der Waals surface area (Å²) >= 11 is 0. The molecule has 1 aliphatic rings. The summed E-state index contributed by atoms with van der Waals surface area (Å²) < 4.78 is 0. The maximum atomic E-state index is 12.6. The molecule has 0 aliphatic carbocycles. The first-order valence-corrected chi connectivity index (χ1v) is 7.92. The summed E-state index contributed by atoms with van der Waals surface area (Å²) in [5.74, 6) is -0.201. The molecule has 1 N–H and O–H groups in total. The van der Waals surface area contributed by atoms with Crippen LogP contribution in [-0.2, 0) is 0 Å². The van der Waals surface area contributed by atoms with E-state index in [0.29, 0.717) is 16.8 Å². The quantitative estimate of drug-likeness (QED) is 0.943. The predicted molar refractivity (Wildman–Crippen MR) is 90.7 cm³/mol. The van der Waals surface area contributed by atoms with Crippen molar-refractivity contribution in [3.8, 4) is 0 Å². The lowest BCUT2D eigenvalue weighted by Gasteiger charge is -2.18. The van der Waals surface area contributed by atoms with Crippen LogP contribution in [0.4, 0.5) is 5.69 Å². The third-order valence-corrected chi connectivity index (χ3v) is 4.19. The van der Waals surface area contributed by atoms with Crippen LogP contribution in [0.15, 0.2) is 48.5 Å². The van der Waals surface area contributed by atoms with Crippen molar-refractivity contribution in [1.82, 2.24) is 4.90 Å². The summed E-state index contributed by atoms with van der Waals surface area (Å²) in [5, 5.41) is 2.89. The number of hydrogen-bond acceptors (Lipinski definition) is 2.